The molecule has 3 saturated heterocycles. The van der Waals surface area contributed by atoms with Crippen molar-refractivity contribution in [1.29, 1.82) is 0 Å². The highest BCUT2D eigenvalue weighted by atomic mass is 31.2. The van der Waals surface area contributed by atoms with Gasteiger partial charge in [-0.1, -0.05) is 14.7 Å². The number of ether oxygens (including phenoxy) is 1. The molecule has 3 amide bonds. The fourth-order valence-corrected chi connectivity index (χ4v) is 4.26. The Hall–Kier alpha value is -1.93. The lowest BCUT2D eigenvalue weighted by Crippen LogP contribution is -2.64. The van der Waals surface area contributed by atoms with Gasteiger partial charge in [-0.2, -0.15) is 4.58 Å². The quantitative estimate of drug-likeness (QED) is 0.330. The van der Waals surface area contributed by atoms with Gasteiger partial charge in [0, 0.05) is 0 Å². The third-order valence-corrected chi connectivity index (χ3v) is 5.37. The van der Waals surface area contributed by atoms with Gasteiger partial charge in [0.15, 0.2) is 0 Å². The van der Waals surface area contributed by atoms with Crippen LogP contribution in [0.25, 0.3) is 0 Å². The zero-order valence-electron chi connectivity index (χ0n) is 12.0. The summed E-state index contributed by atoms with van der Waals surface area (Å²) in [6.07, 6.45) is -5.52. The predicted octanol–water partition coefficient (Wildman–Crippen LogP) is -3.15. The number of hydroxylamine groups is 4. The number of amidine groups is 2. The Morgan fingerprint density at radius 3 is 2.60 bits per heavy atom. The average molecular weight is 377 g/mol. The number of aliphatic hydroxyl groups excluding tert-OH is 3. The van der Waals surface area contributed by atoms with Crippen molar-refractivity contribution in [2.45, 2.75) is 30.6 Å². The molecule has 5 bridgehead atoms. The molecule has 3 N–H and O–H groups in total. The lowest BCUT2D eigenvalue weighted by Gasteiger charge is -2.34. The molecule has 0 aromatic rings. The summed E-state index contributed by atoms with van der Waals surface area (Å²) in [5, 5.41) is 30.1. The molecule has 5 heterocycles. The first-order chi connectivity index (χ1) is 11.8. The molecular weight excluding hydrogens is 367 g/mol. The SMILES string of the molecule is O=C1C2N=C3OP4(=O)ON1C(=O)N(O4)C2=[N+]3[C@@H]1O[C@H](CO)[C@@H](O)[C@H]1O. The van der Waals surface area contributed by atoms with Crippen LogP contribution in [0.4, 0.5) is 4.79 Å². The normalized spacial score (nSPS) is 44.6. The van der Waals surface area contributed by atoms with E-state index in [0.717, 1.165) is 4.58 Å². The molecule has 0 radical (unpaired) electrons. The van der Waals surface area contributed by atoms with Gasteiger partial charge in [-0.05, 0) is 0 Å². The molecule has 2 unspecified atom stereocenters. The number of carbonyl (C=O) groups excluding carboxylic acids is 2. The van der Waals surface area contributed by atoms with Crippen LogP contribution in [-0.4, -0.2) is 91.0 Å². The summed E-state index contributed by atoms with van der Waals surface area (Å²) in [7, 11) is -4.41. The van der Waals surface area contributed by atoms with E-state index in [0.29, 0.717) is 5.06 Å². The fraction of sp³-hybridized carbons (Fsp3) is 0.600. The van der Waals surface area contributed by atoms with Crippen molar-refractivity contribution in [2.75, 3.05) is 6.61 Å². The van der Waals surface area contributed by atoms with Gasteiger partial charge in [-0.3, -0.25) is 4.79 Å². The first-order valence-electron chi connectivity index (χ1n) is 7.08. The van der Waals surface area contributed by atoms with Crippen molar-refractivity contribution >= 4 is 31.6 Å². The number of imide groups is 1. The number of hydrogen-bond donors (Lipinski definition) is 3. The highest BCUT2D eigenvalue weighted by Crippen LogP contribution is 2.58. The van der Waals surface area contributed by atoms with Crippen molar-refractivity contribution in [1.82, 2.24) is 10.1 Å². The number of rotatable bonds is 2. The monoisotopic (exact) mass is 377 g/mol. The third kappa shape index (κ3) is 1.76. The van der Waals surface area contributed by atoms with E-state index in [1.54, 1.807) is 0 Å². The van der Waals surface area contributed by atoms with Crippen molar-refractivity contribution in [3.8, 4) is 0 Å². The molecule has 6 atom stereocenters. The number of aliphatic imine (C=N–C) groups is 1. The summed E-state index contributed by atoms with van der Waals surface area (Å²) in [4.78, 5) is 28.5. The van der Waals surface area contributed by atoms with Gasteiger partial charge in [0.1, 0.15) is 18.3 Å². The number of carbonyl (C=O) groups is 2. The Kier molecular flexibility index (Phi) is 2.83. The van der Waals surface area contributed by atoms with Crippen molar-refractivity contribution in [3.05, 3.63) is 0 Å². The molecule has 0 aromatic heterocycles. The smallest absolute Gasteiger partial charge is 0.394 e. The molecule has 0 aliphatic carbocycles. The Balaban J connectivity index is 1.68. The summed E-state index contributed by atoms with van der Waals surface area (Å²) in [6.45, 7) is -0.595. The van der Waals surface area contributed by atoms with E-state index in [1.165, 1.54) is 0 Å². The second-order valence-electron chi connectivity index (χ2n) is 5.68. The molecule has 5 aliphatic heterocycles. The van der Waals surface area contributed by atoms with Crippen LogP contribution in [0.1, 0.15) is 0 Å². The van der Waals surface area contributed by atoms with Gasteiger partial charge < -0.3 is 24.6 Å². The van der Waals surface area contributed by atoms with Crippen LogP contribution in [0.15, 0.2) is 4.99 Å². The lowest BCUT2D eigenvalue weighted by atomic mass is 10.1. The van der Waals surface area contributed by atoms with Gasteiger partial charge in [-0.25, -0.2) is 9.36 Å². The van der Waals surface area contributed by atoms with E-state index < -0.39 is 63.0 Å². The van der Waals surface area contributed by atoms with Gasteiger partial charge in [0.2, 0.25) is 6.23 Å². The maximum absolute atomic E-state index is 12.5. The van der Waals surface area contributed by atoms with Gasteiger partial charge in [0.05, 0.1) is 6.61 Å². The van der Waals surface area contributed by atoms with Crippen LogP contribution in [0.2, 0.25) is 0 Å². The molecule has 5 rings (SSSR count). The van der Waals surface area contributed by atoms with E-state index >= 15 is 0 Å². The number of aliphatic hydroxyl groups is 3. The highest BCUT2D eigenvalue weighted by Gasteiger charge is 2.70. The first kappa shape index (κ1) is 15.3. The first-order valence-corrected chi connectivity index (χ1v) is 8.54. The minimum Gasteiger partial charge on any atom is -0.394 e. The number of fused-ring (bicyclic) bond motifs is 3. The summed E-state index contributed by atoms with van der Waals surface area (Å²) in [5.41, 5.74) is 0. The summed E-state index contributed by atoms with van der Waals surface area (Å²) in [6, 6.07) is -2.84. The standard InChI is InChI=1S/C10H10N4O10P/c15-1-2-4(16)5(17)8(21-2)12-6-3-7(18)14-10(19)13(6)23-25(20,24-14)22-9(12)11-3/h2-5,8,15-17H,1H2/q+1/t2-,3?,4-,5-,8-,25?/m1/s1. The second-order valence-corrected chi connectivity index (χ2v) is 7.09. The van der Waals surface area contributed by atoms with Gasteiger partial charge >= 0.3 is 25.8 Å². The maximum atomic E-state index is 12.5. The van der Waals surface area contributed by atoms with Crippen LogP contribution in [-0.2, 0) is 27.9 Å². The van der Waals surface area contributed by atoms with Crippen molar-refractivity contribution < 1.29 is 52.6 Å². The van der Waals surface area contributed by atoms with Crippen molar-refractivity contribution in [3.63, 3.8) is 0 Å². The molecule has 3 fully saturated rings. The Labute approximate surface area is 137 Å². The molecule has 5 aliphatic rings. The highest BCUT2D eigenvalue weighted by molar-refractivity contribution is 7.49. The molecule has 0 saturated carbocycles. The zero-order chi connectivity index (χ0) is 17.7. The number of phosphoric acid groups is 1. The van der Waals surface area contributed by atoms with Gasteiger partial charge in [-0.15, -0.1) is 9.69 Å². The zero-order valence-corrected chi connectivity index (χ0v) is 12.9. The molecule has 134 valence electrons. The summed E-state index contributed by atoms with van der Waals surface area (Å²) < 4.78 is 33.5. The van der Waals surface area contributed by atoms with E-state index in [9.17, 15) is 29.5 Å². The van der Waals surface area contributed by atoms with E-state index in [-0.39, 0.29) is 10.9 Å². The van der Waals surface area contributed by atoms with Gasteiger partial charge in [0.25, 0.3) is 11.9 Å². The largest absolute Gasteiger partial charge is 0.591 e. The number of amides is 3. The Bertz CT molecular complexity index is 827. The van der Waals surface area contributed by atoms with E-state index in [1.807, 2.05) is 0 Å². The summed E-state index contributed by atoms with van der Waals surface area (Å²) >= 11 is 0. The molecule has 0 aromatic carbocycles. The molecule has 14 nitrogen and oxygen atoms in total. The minimum absolute atomic E-state index is 0.211. The minimum atomic E-state index is -4.41. The second kappa shape index (κ2) is 4.62. The molecule has 0 spiro atoms. The molecular formula is C10H10N4O10P+. The van der Waals surface area contributed by atoms with Crippen molar-refractivity contribution in [2.24, 2.45) is 4.99 Å². The Morgan fingerprint density at radius 1 is 1.20 bits per heavy atom. The van der Waals surface area contributed by atoms with E-state index in [4.69, 9.17) is 18.5 Å². The molecule has 25 heavy (non-hydrogen) atoms. The fourth-order valence-electron chi connectivity index (χ4n) is 3.12. The summed E-state index contributed by atoms with van der Waals surface area (Å²) in [5.74, 6) is -1.13. The van der Waals surface area contributed by atoms with Crippen LogP contribution < -0.4 is 0 Å². The topological polar surface area (TPSA) is 171 Å². The van der Waals surface area contributed by atoms with Crippen LogP contribution in [0, 0.1) is 0 Å². The number of urea groups is 1. The number of hydrogen-bond acceptors (Lipinski definition) is 11. The third-order valence-electron chi connectivity index (χ3n) is 4.26. The van der Waals surface area contributed by atoms with Crippen LogP contribution >= 0.6 is 7.82 Å². The van der Waals surface area contributed by atoms with E-state index in [2.05, 4.69) is 4.99 Å². The molecule has 15 heteroatoms. The average Bonchev–Trinajstić information content (AvgIpc) is 3.02. The van der Waals surface area contributed by atoms with Crippen LogP contribution in [0.5, 0.6) is 0 Å². The lowest BCUT2D eigenvalue weighted by molar-refractivity contribution is -0.536. The Morgan fingerprint density at radius 2 is 1.92 bits per heavy atom. The van der Waals surface area contributed by atoms with Crippen LogP contribution in [0.3, 0.4) is 0 Å². The predicted molar refractivity (Wildman–Crippen MR) is 69.2 cm³/mol. The number of nitrogens with zero attached hydrogens (tertiary/aromatic N) is 4. The maximum Gasteiger partial charge on any atom is 0.591 e.